The van der Waals surface area contributed by atoms with E-state index in [-0.39, 0.29) is 11.5 Å². The van der Waals surface area contributed by atoms with Crippen LogP contribution in [0.4, 0.5) is 5.00 Å². The topological polar surface area (TPSA) is 78.9 Å². The molecule has 3 aromatic rings. The largest absolute Gasteiger partial charge is 0.436 e. The molecule has 2 heterocycles. The second kappa shape index (κ2) is 6.36. The van der Waals surface area contributed by atoms with Crippen LogP contribution in [0.3, 0.4) is 0 Å². The van der Waals surface area contributed by atoms with Gasteiger partial charge in [-0.1, -0.05) is 11.6 Å². The van der Waals surface area contributed by atoms with Crippen molar-refractivity contribution in [2.75, 3.05) is 5.32 Å². The summed E-state index contributed by atoms with van der Waals surface area (Å²) < 4.78 is 5.61. The number of aromatic nitrogens is 1. The van der Waals surface area contributed by atoms with Crippen molar-refractivity contribution in [3.05, 3.63) is 51.3 Å². The Labute approximate surface area is 152 Å². The molecule has 0 atom stereocenters. The predicted molar refractivity (Wildman–Crippen MR) is 97.7 cm³/mol. The number of fused-ring (bicyclic) bond motifs is 2. The molecule has 0 amide bonds. The molecule has 2 aromatic heterocycles. The van der Waals surface area contributed by atoms with Crippen molar-refractivity contribution >= 4 is 50.9 Å². The van der Waals surface area contributed by atoms with Gasteiger partial charge in [-0.15, -0.1) is 11.3 Å². The minimum Gasteiger partial charge on any atom is -0.436 e. The van der Waals surface area contributed by atoms with E-state index in [2.05, 4.69) is 16.4 Å². The van der Waals surface area contributed by atoms with Crippen molar-refractivity contribution in [1.82, 2.24) is 4.98 Å². The molecule has 1 N–H and O–H groups in total. The summed E-state index contributed by atoms with van der Waals surface area (Å²) in [7, 11) is 0. The van der Waals surface area contributed by atoms with Crippen LogP contribution in [0, 0.1) is 11.3 Å². The monoisotopic (exact) mass is 369 g/mol. The highest BCUT2D eigenvalue weighted by atomic mass is 35.5. The predicted octanol–water partition coefficient (Wildman–Crippen LogP) is 4.55. The van der Waals surface area contributed by atoms with Gasteiger partial charge in [-0.05, 0) is 43.0 Å². The quantitative estimate of drug-likeness (QED) is 0.539. The Morgan fingerprint density at radius 1 is 1.44 bits per heavy atom. The maximum Gasteiger partial charge on any atom is 0.232 e. The van der Waals surface area contributed by atoms with Crippen molar-refractivity contribution in [3.8, 4) is 6.07 Å². The van der Waals surface area contributed by atoms with E-state index in [0.717, 1.165) is 29.8 Å². The summed E-state index contributed by atoms with van der Waals surface area (Å²) >= 11 is 7.51. The van der Waals surface area contributed by atoms with Crippen LogP contribution in [0.1, 0.15) is 28.3 Å². The van der Waals surface area contributed by atoms with Gasteiger partial charge in [-0.2, -0.15) is 5.26 Å². The van der Waals surface area contributed by atoms with E-state index in [9.17, 15) is 10.1 Å². The van der Waals surface area contributed by atoms with E-state index < -0.39 is 0 Å². The van der Waals surface area contributed by atoms with Gasteiger partial charge in [-0.25, -0.2) is 4.98 Å². The first-order valence-electron chi connectivity index (χ1n) is 7.72. The fraction of sp³-hybridized carbons (Fsp3) is 0.167. The minimum atomic E-state index is 0.211. The first-order chi connectivity index (χ1) is 12.2. The van der Waals surface area contributed by atoms with Crippen LogP contribution in [-0.2, 0) is 17.6 Å². The van der Waals surface area contributed by atoms with E-state index in [1.54, 1.807) is 29.5 Å². The number of aldehydes is 1. The summed E-state index contributed by atoms with van der Waals surface area (Å²) in [4.78, 5) is 17.0. The zero-order valence-corrected chi connectivity index (χ0v) is 14.6. The number of carbonyl (C=O) groups excluding carboxylic acids is 1. The Kier molecular flexibility index (Phi) is 4.04. The van der Waals surface area contributed by atoms with Gasteiger partial charge in [-0.3, -0.25) is 4.79 Å². The Balaban J connectivity index is 1.67. The normalized spacial score (nSPS) is 13.7. The fourth-order valence-corrected chi connectivity index (χ4v) is 4.31. The Hall–Kier alpha value is -2.62. The molecule has 1 aliphatic carbocycles. The number of aryl methyl sites for hydroxylation is 1. The minimum absolute atomic E-state index is 0.211. The van der Waals surface area contributed by atoms with E-state index in [1.165, 1.54) is 11.1 Å². The molecule has 0 bridgehead atoms. The number of oxazole rings is 1. The van der Waals surface area contributed by atoms with E-state index >= 15 is 0 Å². The summed E-state index contributed by atoms with van der Waals surface area (Å²) in [5.41, 5.74) is 3.21. The Morgan fingerprint density at radius 3 is 3.12 bits per heavy atom. The molecule has 0 fully saturated rings. The molecule has 0 saturated carbocycles. The van der Waals surface area contributed by atoms with E-state index in [4.69, 9.17) is 16.0 Å². The van der Waals surface area contributed by atoms with Crippen molar-refractivity contribution in [2.45, 2.75) is 19.3 Å². The Morgan fingerprint density at radius 2 is 2.32 bits per heavy atom. The molecule has 5 nitrogen and oxygen atoms in total. The molecule has 4 rings (SSSR count). The lowest BCUT2D eigenvalue weighted by Gasteiger charge is -2.00. The summed E-state index contributed by atoms with van der Waals surface area (Å²) in [6, 6.07) is 7.35. The lowest BCUT2D eigenvalue weighted by molar-refractivity contribution is -0.103. The lowest BCUT2D eigenvalue weighted by atomic mass is 10.1. The van der Waals surface area contributed by atoms with Crippen LogP contribution in [0.2, 0.25) is 5.02 Å². The van der Waals surface area contributed by atoms with Gasteiger partial charge >= 0.3 is 0 Å². The average Bonchev–Trinajstić information content (AvgIpc) is 3.28. The number of anilines is 1. The number of hydrogen-bond donors (Lipinski definition) is 1. The van der Waals surface area contributed by atoms with Crippen LogP contribution in [0.15, 0.2) is 28.8 Å². The smallest absolute Gasteiger partial charge is 0.232 e. The molecular weight excluding hydrogens is 358 g/mol. The second-order valence-electron chi connectivity index (χ2n) is 5.67. The van der Waals surface area contributed by atoms with Crippen molar-refractivity contribution in [3.63, 3.8) is 0 Å². The number of allylic oxidation sites excluding steroid dienone is 1. The van der Waals surface area contributed by atoms with Crippen molar-refractivity contribution in [2.24, 2.45) is 0 Å². The fourth-order valence-electron chi connectivity index (χ4n) is 2.94. The number of benzene rings is 1. The number of rotatable bonds is 4. The number of halogens is 1. The molecule has 25 heavy (non-hydrogen) atoms. The highest BCUT2D eigenvalue weighted by Gasteiger charge is 2.22. The third-order valence-electron chi connectivity index (χ3n) is 4.12. The number of hydrogen-bond acceptors (Lipinski definition) is 6. The average molecular weight is 370 g/mol. The summed E-state index contributed by atoms with van der Waals surface area (Å²) in [5.74, 6) is 0.211. The first-order valence-corrected chi connectivity index (χ1v) is 8.92. The summed E-state index contributed by atoms with van der Waals surface area (Å²) in [6.45, 7) is 0. The molecular formula is C18H12ClN3O2S. The number of carbonyl (C=O) groups is 1. The van der Waals surface area contributed by atoms with Crippen LogP contribution in [-0.4, -0.2) is 11.3 Å². The van der Waals surface area contributed by atoms with Gasteiger partial charge in [0.25, 0.3) is 0 Å². The first kappa shape index (κ1) is 15.9. The van der Waals surface area contributed by atoms with Gasteiger partial charge in [0, 0.05) is 16.1 Å². The van der Waals surface area contributed by atoms with Crippen LogP contribution < -0.4 is 5.32 Å². The van der Waals surface area contributed by atoms with E-state index in [1.807, 2.05) is 0 Å². The molecule has 0 saturated heterocycles. The third kappa shape index (κ3) is 2.82. The number of nitrogens with zero attached hydrogens (tertiary/aromatic N) is 2. The highest BCUT2D eigenvalue weighted by molar-refractivity contribution is 7.16. The van der Waals surface area contributed by atoms with Crippen LogP contribution >= 0.6 is 22.9 Å². The van der Waals surface area contributed by atoms with Crippen molar-refractivity contribution < 1.29 is 9.21 Å². The zero-order chi connectivity index (χ0) is 17.4. The number of nitrogens with one attached hydrogen (secondary N) is 1. The molecule has 1 aliphatic rings. The lowest BCUT2D eigenvalue weighted by Crippen LogP contribution is -1.94. The van der Waals surface area contributed by atoms with Crippen LogP contribution in [0.25, 0.3) is 16.7 Å². The van der Waals surface area contributed by atoms with Gasteiger partial charge in [0.15, 0.2) is 11.9 Å². The molecule has 124 valence electrons. The van der Waals surface area contributed by atoms with Gasteiger partial charge < -0.3 is 9.73 Å². The maximum atomic E-state index is 11.5. The second-order valence-corrected chi connectivity index (χ2v) is 7.21. The van der Waals surface area contributed by atoms with Crippen molar-refractivity contribution in [1.29, 1.82) is 5.26 Å². The maximum absolute atomic E-state index is 11.5. The Bertz CT molecular complexity index is 1060. The number of thiophene rings is 1. The molecule has 0 spiro atoms. The van der Waals surface area contributed by atoms with E-state index in [0.29, 0.717) is 28.0 Å². The molecule has 0 unspecified atom stereocenters. The van der Waals surface area contributed by atoms with Gasteiger partial charge in [0.05, 0.1) is 11.1 Å². The molecule has 0 aliphatic heterocycles. The highest BCUT2D eigenvalue weighted by Crippen LogP contribution is 2.38. The third-order valence-corrected chi connectivity index (χ3v) is 5.57. The summed E-state index contributed by atoms with van der Waals surface area (Å²) in [5, 5.41) is 13.8. The molecule has 7 heteroatoms. The van der Waals surface area contributed by atoms with Crippen LogP contribution in [0.5, 0.6) is 0 Å². The standard InChI is InChI=1S/C18H12ClN3O2S/c19-11-4-5-15-14(6-11)22-17(24-15)10(9-23)8-21-18-13(7-20)12-2-1-3-16(12)25-18/h4-6,8-9,21H,1-3H2/b10-8-. The molecule has 0 radical (unpaired) electrons. The molecule has 1 aromatic carbocycles. The van der Waals surface area contributed by atoms with Gasteiger partial charge in [0.1, 0.15) is 16.6 Å². The summed E-state index contributed by atoms with van der Waals surface area (Å²) in [6.07, 6.45) is 5.24. The number of nitriles is 1. The van der Waals surface area contributed by atoms with Gasteiger partial charge in [0.2, 0.25) is 5.89 Å². The zero-order valence-electron chi connectivity index (χ0n) is 13.0. The SMILES string of the molecule is N#Cc1c(N/C=C(/C=O)c2nc3cc(Cl)ccc3o2)sc2c1CCC2.